The fourth-order valence-electron chi connectivity index (χ4n) is 2.72. The van der Waals surface area contributed by atoms with Crippen LogP contribution in [0.4, 0.5) is 4.79 Å². The number of carboxylic acid groups (broad SMARTS) is 1. The van der Waals surface area contributed by atoms with E-state index in [-0.39, 0.29) is 5.69 Å². The molecule has 2 aromatic rings. The maximum absolute atomic E-state index is 12.5. The number of ether oxygens (including phenoxy) is 1. The third-order valence-electron chi connectivity index (χ3n) is 3.81. The van der Waals surface area contributed by atoms with Crippen LogP contribution in [0, 0.1) is 0 Å². The molecule has 1 aliphatic rings. The van der Waals surface area contributed by atoms with Crippen LogP contribution in [0.5, 0.6) is 0 Å². The lowest BCUT2D eigenvalue weighted by Crippen LogP contribution is -2.33. The van der Waals surface area contributed by atoms with Crippen molar-refractivity contribution in [2.24, 2.45) is 0 Å². The van der Waals surface area contributed by atoms with Crippen molar-refractivity contribution < 1.29 is 14.6 Å². The number of rotatable bonds is 4. The normalized spacial score (nSPS) is 16.8. The van der Waals surface area contributed by atoms with Crippen LogP contribution in [0.15, 0.2) is 34.0 Å². The second-order valence-corrected chi connectivity index (χ2v) is 6.18. The van der Waals surface area contributed by atoms with Gasteiger partial charge < -0.3 is 9.84 Å². The summed E-state index contributed by atoms with van der Waals surface area (Å²) in [6.07, 6.45) is 1.73. The van der Waals surface area contributed by atoms with Gasteiger partial charge in [0.2, 0.25) is 0 Å². The van der Waals surface area contributed by atoms with E-state index in [9.17, 15) is 9.59 Å². The number of carbonyl (C=O) groups is 1. The maximum Gasteiger partial charge on any atom is 0.507 e. The van der Waals surface area contributed by atoms with Crippen LogP contribution in [0.3, 0.4) is 0 Å². The molecule has 0 aliphatic carbocycles. The van der Waals surface area contributed by atoms with Gasteiger partial charge in [0.15, 0.2) is 6.23 Å². The summed E-state index contributed by atoms with van der Waals surface area (Å²) in [6, 6.07) is 7.92. The summed E-state index contributed by atoms with van der Waals surface area (Å²) >= 11 is 1.65. The summed E-state index contributed by atoms with van der Waals surface area (Å²) in [5, 5.41) is 13.1. The van der Waals surface area contributed by atoms with Gasteiger partial charge >= 0.3 is 11.8 Å². The van der Waals surface area contributed by atoms with E-state index in [2.05, 4.69) is 5.10 Å². The topological polar surface area (TPSA) is 86.4 Å². The van der Waals surface area contributed by atoms with E-state index >= 15 is 0 Å². The Morgan fingerprint density at radius 3 is 2.83 bits per heavy atom. The number of aryl methyl sites for hydroxylation is 1. The zero-order valence-corrected chi connectivity index (χ0v) is 13.5. The molecule has 122 valence electrons. The second-order valence-electron chi connectivity index (χ2n) is 5.31. The van der Waals surface area contributed by atoms with Gasteiger partial charge in [-0.15, -0.1) is 11.8 Å². The third kappa shape index (κ3) is 3.26. The van der Waals surface area contributed by atoms with Gasteiger partial charge in [0, 0.05) is 17.7 Å². The Labute approximate surface area is 136 Å². The van der Waals surface area contributed by atoms with Crippen molar-refractivity contribution in [2.75, 3.05) is 6.26 Å². The summed E-state index contributed by atoms with van der Waals surface area (Å²) in [7, 11) is 0. The third-order valence-corrected chi connectivity index (χ3v) is 4.55. The summed E-state index contributed by atoms with van der Waals surface area (Å²) in [5.74, 6) is 0.577. The maximum atomic E-state index is 12.5. The quantitative estimate of drug-likeness (QED) is 0.682. The minimum atomic E-state index is -1.38. The van der Waals surface area contributed by atoms with Crippen molar-refractivity contribution in [2.45, 2.75) is 36.9 Å². The Balaban J connectivity index is 1.88. The number of thioether (sulfide) groups is 1. The van der Waals surface area contributed by atoms with Crippen molar-refractivity contribution >= 4 is 17.9 Å². The van der Waals surface area contributed by atoms with Crippen molar-refractivity contribution in [1.82, 2.24) is 14.3 Å². The molecule has 0 saturated heterocycles. The van der Waals surface area contributed by atoms with E-state index in [0.717, 1.165) is 16.9 Å². The number of hydrogen-bond donors (Lipinski definition) is 1. The van der Waals surface area contributed by atoms with Crippen molar-refractivity contribution in [3.63, 3.8) is 0 Å². The van der Waals surface area contributed by atoms with Gasteiger partial charge in [-0.2, -0.15) is 5.10 Å². The first kappa shape index (κ1) is 15.7. The van der Waals surface area contributed by atoms with E-state index in [1.54, 1.807) is 11.8 Å². The van der Waals surface area contributed by atoms with Crippen LogP contribution in [-0.2, 0) is 17.7 Å². The zero-order chi connectivity index (χ0) is 16.4. The molecule has 3 rings (SSSR count). The van der Waals surface area contributed by atoms with Crippen LogP contribution in [-0.4, -0.2) is 31.9 Å². The lowest BCUT2D eigenvalue weighted by Gasteiger charge is -2.21. The first-order chi connectivity index (χ1) is 11.1. The summed E-state index contributed by atoms with van der Waals surface area (Å²) in [4.78, 5) is 24.5. The summed E-state index contributed by atoms with van der Waals surface area (Å²) in [6.45, 7) is 0.354. The van der Waals surface area contributed by atoms with Crippen LogP contribution >= 0.6 is 11.8 Å². The summed E-state index contributed by atoms with van der Waals surface area (Å²) in [5.41, 5.74) is 0.635. The van der Waals surface area contributed by atoms with Crippen LogP contribution in [0.25, 0.3) is 0 Å². The predicted molar refractivity (Wildman–Crippen MR) is 84.9 cm³/mol. The van der Waals surface area contributed by atoms with Crippen molar-refractivity contribution in [3.8, 4) is 0 Å². The van der Waals surface area contributed by atoms with Crippen LogP contribution in [0.1, 0.15) is 30.5 Å². The van der Waals surface area contributed by atoms with E-state index in [1.807, 2.05) is 30.5 Å². The molecular weight excluding hydrogens is 318 g/mol. The second kappa shape index (κ2) is 6.49. The minimum absolute atomic E-state index is 0.333. The van der Waals surface area contributed by atoms with Gasteiger partial charge in [-0.05, 0) is 30.4 Å². The molecule has 1 atom stereocenters. The molecular formula is C15H17N3O4S. The highest BCUT2D eigenvalue weighted by Gasteiger charge is 2.28. The largest absolute Gasteiger partial charge is 0.507 e. The van der Waals surface area contributed by atoms with Gasteiger partial charge in [0.05, 0.1) is 6.54 Å². The molecule has 0 bridgehead atoms. The van der Waals surface area contributed by atoms with Crippen LogP contribution in [0.2, 0.25) is 0 Å². The monoisotopic (exact) mass is 335 g/mol. The Kier molecular flexibility index (Phi) is 4.42. The molecule has 1 aromatic heterocycles. The van der Waals surface area contributed by atoms with E-state index in [1.165, 1.54) is 9.25 Å². The molecule has 0 radical (unpaired) electrons. The smallest absolute Gasteiger partial charge is 0.450 e. The Morgan fingerprint density at radius 1 is 1.43 bits per heavy atom. The number of hydrogen-bond acceptors (Lipinski definition) is 5. The van der Waals surface area contributed by atoms with Crippen LogP contribution < -0.4 is 5.69 Å². The molecule has 8 heteroatoms. The zero-order valence-electron chi connectivity index (χ0n) is 12.6. The highest BCUT2D eigenvalue weighted by Crippen LogP contribution is 2.23. The minimum Gasteiger partial charge on any atom is -0.450 e. The van der Waals surface area contributed by atoms with Gasteiger partial charge in [0.1, 0.15) is 5.82 Å². The fourth-order valence-corrected chi connectivity index (χ4v) is 3.13. The molecule has 1 aliphatic heterocycles. The van der Waals surface area contributed by atoms with Gasteiger partial charge in [0.25, 0.3) is 0 Å². The van der Waals surface area contributed by atoms with Gasteiger partial charge in [-0.25, -0.2) is 18.8 Å². The van der Waals surface area contributed by atoms with Gasteiger partial charge in [-0.3, -0.25) is 0 Å². The highest BCUT2D eigenvalue weighted by atomic mass is 32.2. The van der Waals surface area contributed by atoms with Crippen molar-refractivity contribution in [3.05, 3.63) is 46.1 Å². The first-order valence-electron chi connectivity index (χ1n) is 7.29. The van der Waals surface area contributed by atoms with Gasteiger partial charge in [-0.1, -0.05) is 12.1 Å². The van der Waals surface area contributed by atoms with Crippen molar-refractivity contribution in [1.29, 1.82) is 0 Å². The average Bonchev–Trinajstić information content (AvgIpc) is 2.85. The number of fused-ring (bicyclic) bond motifs is 1. The molecule has 2 heterocycles. The lowest BCUT2D eigenvalue weighted by atomic mass is 10.1. The Morgan fingerprint density at radius 2 is 2.17 bits per heavy atom. The molecule has 23 heavy (non-hydrogen) atoms. The molecule has 1 N–H and O–H groups in total. The van der Waals surface area contributed by atoms with E-state index in [4.69, 9.17) is 9.84 Å². The molecule has 0 fully saturated rings. The Bertz CT molecular complexity index is 766. The average molecular weight is 335 g/mol. The number of benzene rings is 1. The SMILES string of the molecule is CSc1ccc(Cn2nc3n(c2=O)C(OC(=O)O)CCC3)cc1. The number of nitrogens with zero attached hydrogens (tertiary/aromatic N) is 3. The molecule has 1 unspecified atom stereocenters. The summed E-state index contributed by atoms with van der Waals surface area (Å²) < 4.78 is 7.54. The fraction of sp³-hybridized carbons (Fsp3) is 0.400. The first-order valence-corrected chi connectivity index (χ1v) is 8.51. The lowest BCUT2D eigenvalue weighted by molar-refractivity contribution is 0.00392. The predicted octanol–water partition coefficient (Wildman–Crippen LogP) is 2.34. The molecule has 0 amide bonds. The Hall–Kier alpha value is -2.22. The number of aromatic nitrogens is 3. The molecule has 0 spiro atoms. The molecule has 0 saturated carbocycles. The van der Waals surface area contributed by atoms with E-state index in [0.29, 0.717) is 25.2 Å². The highest BCUT2D eigenvalue weighted by molar-refractivity contribution is 7.98. The molecule has 7 nitrogen and oxygen atoms in total. The van der Waals surface area contributed by atoms with E-state index < -0.39 is 12.4 Å². The standard InChI is InChI=1S/C15H17N3O4S/c1-23-11-7-5-10(6-8-11)9-17-14(19)18-12(16-17)3-2-4-13(18)22-15(20)21/h5-8,13H,2-4,9H2,1H3,(H,20,21). The molecule has 1 aromatic carbocycles.